The lowest BCUT2D eigenvalue weighted by Crippen LogP contribution is -2.47. The van der Waals surface area contributed by atoms with Crippen molar-refractivity contribution in [3.05, 3.63) is 35.4 Å². The van der Waals surface area contributed by atoms with E-state index in [1.165, 1.54) is 12.1 Å². The van der Waals surface area contributed by atoms with E-state index in [2.05, 4.69) is 12.2 Å². The van der Waals surface area contributed by atoms with Crippen LogP contribution in [0.1, 0.15) is 48.5 Å². The van der Waals surface area contributed by atoms with Crippen molar-refractivity contribution in [2.45, 2.75) is 39.2 Å². The number of rotatable bonds is 7. The molecule has 1 aromatic rings. The largest absolute Gasteiger partial charge is 0.478 e. The van der Waals surface area contributed by atoms with Crippen molar-refractivity contribution in [2.24, 2.45) is 5.92 Å². The second-order valence-corrected chi connectivity index (χ2v) is 7.04. The summed E-state index contributed by atoms with van der Waals surface area (Å²) in [5.74, 6) is -0.787. The zero-order chi connectivity index (χ0) is 19.8. The van der Waals surface area contributed by atoms with Gasteiger partial charge in [-0.3, -0.25) is 4.79 Å². The fourth-order valence-electron chi connectivity index (χ4n) is 3.20. The van der Waals surface area contributed by atoms with Crippen molar-refractivity contribution < 1.29 is 19.5 Å². The number of piperidine rings is 1. The Labute approximate surface area is 160 Å². The van der Waals surface area contributed by atoms with Gasteiger partial charge in [0, 0.05) is 39.1 Å². The van der Waals surface area contributed by atoms with Crippen LogP contribution in [0.5, 0.6) is 0 Å². The third kappa shape index (κ3) is 5.98. The summed E-state index contributed by atoms with van der Waals surface area (Å²) in [7, 11) is 1.85. The van der Waals surface area contributed by atoms with E-state index in [0.29, 0.717) is 32.5 Å². The molecule has 0 aromatic heterocycles. The smallest absolute Gasteiger partial charge is 0.335 e. The molecule has 148 valence electrons. The number of unbranched alkanes of at least 4 members (excludes halogenated alkanes) is 1. The van der Waals surface area contributed by atoms with Gasteiger partial charge < -0.3 is 20.2 Å². The predicted molar refractivity (Wildman–Crippen MR) is 102 cm³/mol. The van der Waals surface area contributed by atoms with Crippen LogP contribution in [0.2, 0.25) is 0 Å². The molecule has 0 aliphatic carbocycles. The number of aromatic carboxylic acids is 1. The van der Waals surface area contributed by atoms with Gasteiger partial charge in [-0.1, -0.05) is 25.5 Å². The molecule has 0 atom stereocenters. The van der Waals surface area contributed by atoms with Gasteiger partial charge in [0.25, 0.3) is 0 Å². The molecule has 7 nitrogen and oxygen atoms in total. The van der Waals surface area contributed by atoms with Crippen molar-refractivity contribution in [3.63, 3.8) is 0 Å². The Bertz CT molecular complexity index is 652. The summed E-state index contributed by atoms with van der Waals surface area (Å²) >= 11 is 0. The molecule has 1 aliphatic heterocycles. The Kier molecular flexibility index (Phi) is 7.64. The van der Waals surface area contributed by atoms with Crippen LogP contribution in [0, 0.1) is 5.92 Å². The van der Waals surface area contributed by atoms with Crippen LogP contribution >= 0.6 is 0 Å². The van der Waals surface area contributed by atoms with Gasteiger partial charge >= 0.3 is 12.0 Å². The molecule has 7 heteroatoms. The highest BCUT2D eigenvalue weighted by molar-refractivity contribution is 5.87. The summed E-state index contributed by atoms with van der Waals surface area (Å²) in [4.78, 5) is 39.2. The maximum atomic E-state index is 12.4. The van der Waals surface area contributed by atoms with Crippen molar-refractivity contribution in [2.75, 3.05) is 26.7 Å². The number of nitrogens with zero attached hydrogens (tertiary/aromatic N) is 2. The number of nitrogens with one attached hydrogen (secondary N) is 1. The molecule has 0 saturated carbocycles. The summed E-state index contributed by atoms with van der Waals surface area (Å²) in [6.07, 6.45) is 3.46. The molecule has 0 bridgehead atoms. The van der Waals surface area contributed by atoms with Crippen molar-refractivity contribution in [1.29, 1.82) is 0 Å². The number of carboxylic acids is 1. The number of hydrogen-bond acceptors (Lipinski definition) is 3. The van der Waals surface area contributed by atoms with Gasteiger partial charge in [-0.05, 0) is 37.0 Å². The Morgan fingerprint density at radius 2 is 1.81 bits per heavy atom. The predicted octanol–water partition coefficient (Wildman–Crippen LogP) is 2.56. The van der Waals surface area contributed by atoms with Gasteiger partial charge in [0.1, 0.15) is 0 Å². The number of hydrogen-bond donors (Lipinski definition) is 2. The first kappa shape index (κ1) is 20.7. The van der Waals surface area contributed by atoms with Crippen LogP contribution in [-0.4, -0.2) is 59.5 Å². The molecule has 2 rings (SSSR count). The van der Waals surface area contributed by atoms with Crippen LogP contribution in [-0.2, 0) is 11.3 Å². The first-order valence-electron chi connectivity index (χ1n) is 9.52. The Morgan fingerprint density at radius 3 is 2.37 bits per heavy atom. The normalized spacial score (nSPS) is 14.7. The van der Waals surface area contributed by atoms with Crippen molar-refractivity contribution in [3.8, 4) is 0 Å². The Morgan fingerprint density at radius 1 is 1.19 bits per heavy atom. The van der Waals surface area contributed by atoms with Crippen LogP contribution in [0.25, 0.3) is 0 Å². The molecular formula is C20H29N3O4. The summed E-state index contributed by atoms with van der Waals surface area (Å²) in [5.41, 5.74) is 1.07. The molecule has 0 spiro atoms. The first-order valence-corrected chi connectivity index (χ1v) is 9.52. The molecule has 1 aliphatic rings. The average Bonchev–Trinajstić information content (AvgIpc) is 2.70. The van der Waals surface area contributed by atoms with Crippen LogP contribution in [0.15, 0.2) is 24.3 Å². The van der Waals surface area contributed by atoms with Crippen LogP contribution in [0.4, 0.5) is 4.79 Å². The fraction of sp³-hybridized carbons (Fsp3) is 0.550. The standard InChI is InChI=1S/C20H29N3O4/c1-3-4-11-22(2)18(24)16-9-12-23(13-10-16)20(27)21-14-15-5-7-17(8-6-15)19(25)26/h5-8,16H,3-4,9-14H2,1-2H3,(H,21,27)(H,25,26). The van der Waals surface area contributed by atoms with E-state index >= 15 is 0 Å². The number of likely N-dealkylation sites (tertiary alicyclic amines) is 1. The highest BCUT2D eigenvalue weighted by atomic mass is 16.4. The molecule has 1 aromatic carbocycles. The molecule has 3 amide bonds. The van der Waals surface area contributed by atoms with E-state index in [1.807, 2.05) is 11.9 Å². The van der Waals surface area contributed by atoms with E-state index in [-0.39, 0.29) is 23.4 Å². The van der Waals surface area contributed by atoms with E-state index < -0.39 is 5.97 Å². The van der Waals surface area contributed by atoms with Gasteiger partial charge in [-0.2, -0.15) is 0 Å². The Balaban J connectivity index is 1.76. The monoisotopic (exact) mass is 375 g/mol. The van der Waals surface area contributed by atoms with Gasteiger partial charge in [0.15, 0.2) is 0 Å². The van der Waals surface area contributed by atoms with Gasteiger partial charge in [0.2, 0.25) is 5.91 Å². The van der Waals surface area contributed by atoms with Gasteiger partial charge in [-0.25, -0.2) is 9.59 Å². The molecule has 0 unspecified atom stereocenters. The summed E-state index contributed by atoms with van der Waals surface area (Å²) < 4.78 is 0. The second-order valence-electron chi connectivity index (χ2n) is 7.04. The molecule has 1 heterocycles. The number of carbonyl (C=O) groups excluding carboxylic acids is 2. The second kappa shape index (κ2) is 9.94. The first-order chi connectivity index (χ1) is 12.9. The number of urea groups is 1. The highest BCUT2D eigenvalue weighted by Gasteiger charge is 2.28. The number of benzene rings is 1. The summed E-state index contributed by atoms with van der Waals surface area (Å²) in [5, 5.41) is 11.8. The third-order valence-corrected chi connectivity index (χ3v) is 5.00. The van der Waals surface area contributed by atoms with E-state index in [0.717, 1.165) is 24.9 Å². The van der Waals surface area contributed by atoms with Crippen molar-refractivity contribution >= 4 is 17.9 Å². The van der Waals surface area contributed by atoms with Crippen molar-refractivity contribution in [1.82, 2.24) is 15.1 Å². The lowest BCUT2D eigenvalue weighted by atomic mass is 9.95. The molecule has 0 radical (unpaired) electrons. The minimum atomic E-state index is -0.969. The summed E-state index contributed by atoms with van der Waals surface area (Å²) in [6.45, 7) is 4.38. The SMILES string of the molecule is CCCCN(C)C(=O)C1CCN(C(=O)NCc2ccc(C(=O)O)cc2)CC1. The molecule has 2 N–H and O–H groups in total. The zero-order valence-electron chi connectivity index (χ0n) is 16.1. The van der Waals surface area contributed by atoms with Gasteiger partial charge in [0.05, 0.1) is 5.56 Å². The molecule has 27 heavy (non-hydrogen) atoms. The topological polar surface area (TPSA) is 90.0 Å². The van der Waals surface area contributed by atoms with E-state index in [4.69, 9.17) is 5.11 Å². The number of carbonyl (C=O) groups is 3. The molecule has 1 saturated heterocycles. The summed E-state index contributed by atoms with van der Waals surface area (Å²) in [6, 6.07) is 6.29. The minimum absolute atomic E-state index is 0.000492. The quantitative estimate of drug-likeness (QED) is 0.766. The van der Waals surface area contributed by atoms with E-state index in [9.17, 15) is 14.4 Å². The lowest BCUT2D eigenvalue weighted by Gasteiger charge is -2.33. The zero-order valence-corrected chi connectivity index (χ0v) is 16.1. The maximum Gasteiger partial charge on any atom is 0.335 e. The lowest BCUT2D eigenvalue weighted by molar-refractivity contribution is -0.135. The fourth-order valence-corrected chi connectivity index (χ4v) is 3.20. The average molecular weight is 375 g/mol. The van der Waals surface area contributed by atoms with Crippen LogP contribution < -0.4 is 5.32 Å². The maximum absolute atomic E-state index is 12.4. The highest BCUT2D eigenvalue weighted by Crippen LogP contribution is 2.19. The third-order valence-electron chi connectivity index (χ3n) is 5.00. The minimum Gasteiger partial charge on any atom is -0.478 e. The molecular weight excluding hydrogens is 346 g/mol. The number of amides is 3. The number of carboxylic acid groups (broad SMARTS) is 1. The Hall–Kier alpha value is -2.57. The molecule has 1 fully saturated rings. The van der Waals surface area contributed by atoms with Crippen LogP contribution in [0.3, 0.4) is 0 Å². The van der Waals surface area contributed by atoms with E-state index in [1.54, 1.807) is 17.0 Å². The van der Waals surface area contributed by atoms with Gasteiger partial charge in [-0.15, -0.1) is 0 Å².